The topological polar surface area (TPSA) is 66.5 Å². The van der Waals surface area contributed by atoms with Gasteiger partial charge in [0.05, 0.1) is 6.42 Å². The number of likely N-dealkylation sites (N-methyl/N-ethyl adjacent to an activating group) is 1. The molecule has 0 spiro atoms. The summed E-state index contributed by atoms with van der Waals surface area (Å²) in [6.07, 6.45) is 0.239. The highest BCUT2D eigenvalue weighted by molar-refractivity contribution is 7.94. The van der Waals surface area contributed by atoms with Gasteiger partial charge in [0.25, 0.3) is 10.0 Å². The van der Waals surface area contributed by atoms with Crippen molar-refractivity contribution in [2.24, 2.45) is 0 Å². The Morgan fingerprint density at radius 2 is 1.69 bits per heavy atom. The quantitative estimate of drug-likeness (QED) is 0.701. The van der Waals surface area contributed by atoms with E-state index in [1.165, 1.54) is 0 Å². The minimum Gasteiger partial charge on any atom is -0.315 e. The van der Waals surface area contributed by atoms with Gasteiger partial charge < -0.3 is 4.90 Å². The first-order valence-corrected chi connectivity index (χ1v) is 10.3. The van der Waals surface area contributed by atoms with E-state index in [-0.39, 0.29) is 16.5 Å². The first-order valence-electron chi connectivity index (χ1n) is 7.92. The van der Waals surface area contributed by atoms with Crippen LogP contribution in [0.5, 0.6) is 0 Å². The molecule has 0 saturated heterocycles. The number of carbonyl (C=O) groups is 1. The summed E-state index contributed by atoms with van der Waals surface area (Å²) in [6.45, 7) is 0. The summed E-state index contributed by atoms with van der Waals surface area (Å²) < 4.78 is 27.2. The second-order valence-electron chi connectivity index (χ2n) is 5.70. The minimum atomic E-state index is -3.56. The van der Waals surface area contributed by atoms with Crippen LogP contribution in [0.2, 0.25) is 0 Å². The molecule has 0 aliphatic rings. The maximum Gasteiger partial charge on any atom is 0.271 e. The Kier molecular flexibility index (Phi) is 5.39. The molecule has 7 heteroatoms. The van der Waals surface area contributed by atoms with Crippen LogP contribution < -0.4 is 9.62 Å². The maximum atomic E-state index is 12.4. The van der Waals surface area contributed by atoms with Gasteiger partial charge in [-0.05, 0) is 41.3 Å². The Bertz CT molecular complexity index is 967. The Morgan fingerprint density at radius 3 is 2.31 bits per heavy atom. The number of sulfonamides is 1. The van der Waals surface area contributed by atoms with Gasteiger partial charge in [-0.3, -0.25) is 9.52 Å². The van der Waals surface area contributed by atoms with Crippen LogP contribution in [-0.2, 0) is 21.2 Å². The zero-order chi connectivity index (χ0) is 18.6. The smallest absolute Gasteiger partial charge is 0.271 e. The van der Waals surface area contributed by atoms with E-state index in [2.05, 4.69) is 4.72 Å². The summed E-state index contributed by atoms with van der Waals surface area (Å²) in [4.78, 5) is 14.0. The van der Waals surface area contributed by atoms with E-state index in [9.17, 15) is 13.2 Å². The lowest BCUT2D eigenvalue weighted by Crippen LogP contribution is -2.27. The normalized spacial score (nSPS) is 11.1. The van der Waals surface area contributed by atoms with Gasteiger partial charge in [0.15, 0.2) is 0 Å². The van der Waals surface area contributed by atoms with Crippen molar-refractivity contribution in [1.82, 2.24) is 0 Å². The molecule has 3 aromatic rings. The summed E-state index contributed by atoms with van der Waals surface area (Å²) in [5.74, 6) is -0.0388. The van der Waals surface area contributed by atoms with Crippen LogP contribution >= 0.6 is 11.3 Å². The SMILES string of the molecule is CN(C(=O)Cc1ccc(NS(=O)(=O)c2cccs2)cc1)c1ccccc1. The monoisotopic (exact) mass is 386 g/mol. The number of anilines is 2. The molecule has 2 aromatic carbocycles. The summed E-state index contributed by atoms with van der Waals surface area (Å²) in [7, 11) is -1.82. The van der Waals surface area contributed by atoms with Crippen molar-refractivity contribution in [3.05, 3.63) is 77.7 Å². The molecule has 1 heterocycles. The van der Waals surface area contributed by atoms with Gasteiger partial charge in [-0.15, -0.1) is 11.3 Å². The van der Waals surface area contributed by atoms with Crippen molar-refractivity contribution < 1.29 is 13.2 Å². The number of para-hydroxylation sites is 1. The zero-order valence-corrected chi connectivity index (χ0v) is 15.8. The third-order valence-electron chi connectivity index (χ3n) is 3.84. The van der Waals surface area contributed by atoms with Crippen LogP contribution in [-0.4, -0.2) is 21.4 Å². The number of amides is 1. The van der Waals surface area contributed by atoms with Crippen molar-refractivity contribution in [2.75, 3.05) is 16.7 Å². The zero-order valence-electron chi connectivity index (χ0n) is 14.1. The lowest BCUT2D eigenvalue weighted by atomic mass is 10.1. The molecule has 1 amide bonds. The van der Waals surface area contributed by atoms with Crippen molar-refractivity contribution in [3.63, 3.8) is 0 Å². The molecule has 134 valence electrons. The van der Waals surface area contributed by atoms with Gasteiger partial charge >= 0.3 is 0 Å². The fourth-order valence-electron chi connectivity index (χ4n) is 2.40. The van der Waals surface area contributed by atoms with E-state index < -0.39 is 10.0 Å². The van der Waals surface area contributed by atoms with E-state index >= 15 is 0 Å². The van der Waals surface area contributed by atoms with Crippen molar-refractivity contribution >= 4 is 38.6 Å². The third kappa shape index (κ3) is 4.30. The van der Waals surface area contributed by atoms with Crippen LogP contribution in [0.3, 0.4) is 0 Å². The number of benzene rings is 2. The third-order valence-corrected chi connectivity index (χ3v) is 6.62. The second kappa shape index (κ2) is 7.72. The molecule has 0 aliphatic heterocycles. The van der Waals surface area contributed by atoms with E-state index in [1.807, 2.05) is 30.3 Å². The predicted octanol–water partition coefficient (Wildman–Crippen LogP) is 3.75. The average molecular weight is 386 g/mol. The lowest BCUT2D eigenvalue weighted by Gasteiger charge is -2.17. The summed E-state index contributed by atoms with van der Waals surface area (Å²) in [6, 6.07) is 19.5. The van der Waals surface area contributed by atoms with Crippen LogP contribution in [0.4, 0.5) is 11.4 Å². The Hall–Kier alpha value is -2.64. The molecule has 1 aromatic heterocycles. The maximum absolute atomic E-state index is 12.4. The largest absolute Gasteiger partial charge is 0.315 e. The molecule has 0 saturated carbocycles. The highest BCUT2D eigenvalue weighted by Crippen LogP contribution is 2.21. The summed E-state index contributed by atoms with van der Waals surface area (Å²) in [5, 5.41) is 1.71. The highest BCUT2D eigenvalue weighted by atomic mass is 32.2. The van der Waals surface area contributed by atoms with Crippen LogP contribution in [0, 0.1) is 0 Å². The molecule has 3 rings (SSSR count). The van der Waals surface area contributed by atoms with Gasteiger partial charge in [0.1, 0.15) is 4.21 Å². The van der Waals surface area contributed by atoms with Gasteiger partial charge in [0.2, 0.25) is 5.91 Å². The molecule has 0 bridgehead atoms. The molecule has 0 atom stereocenters. The Labute approximate surface area is 157 Å². The van der Waals surface area contributed by atoms with E-state index in [0.29, 0.717) is 5.69 Å². The van der Waals surface area contributed by atoms with Gasteiger partial charge in [-0.2, -0.15) is 0 Å². The Balaban J connectivity index is 1.65. The first-order chi connectivity index (χ1) is 12.5. The fraction of sp³-hybridized carbons (Fsp3) is 0.105. The molecule has 5 nitrogen and oxygen atoms in total. The molecular formula is C19H18N2O3S2. The van der Waals surface area contributed by atoms with E-state index in [0.717, 1.165) is 22.6 Å². The molecule has 0 unspecified atom stereocenters. The number of nitrogens with one attached hydrogen (secondary N) is 1. The number of rotatable bonds is 6. The number of hydrogen-bond donors (Lipinski definition) is 1. The average Bonchev–Trinajstić information content (AvgIpc) is 3.19. The van der Waals surface area contributed by atoms with Crippen LogP contribution in [0.1, 0.15) is 5.56 Å². The molecule has 26 heavy (non-hydrogen) atoms. The molecule has 0 radical (unpaired) electrons. The van der Waals surface area contributed by atoms with Gasteiger partial charge in [0, 0.05) is 18.4 Å². The van der Waals surface area contributed by atoms with Crippen LogP contribution in [0.25, 0.3) is 0 Å². The molecular weight excluding hydrogens is 368 g/mol. The standard InChI is InChI=1S/C19H18N2O3S2/c1-21(17-6-3-2-4-7-17)18(22)14-15-9-11-16(12-10-15)20-26(23,24)19-8-5-13-25-19/h2-13,20H,14H2,1H3. The number of hydrogen-bond acceptors (Lipinski definition) is 4. The van der Waals surface area contributed by atoms with Crippen molar-refractivity contribution in [3.8, 4) is 0 Å². The van der Waals surface area contributed by atoms with E-state index in [4.69, 9.17) is 0 Å². The lowest BCUT2D eigenvalue weighted by molar-refractivity contribution is -0.117. The summed E-state index contributed by atoms with van der Waals surface area (Å²) >= 11 is 1.16. The first kappa shape index (κ1) is 18.2. The van der Waals surface area contributed by atoms with Gasteiger partial charge in [-0.1, -0.05) is 36.4 Å². The molecule has 0 fully saturated rings. The summed E-state index contributed by atoms with van der Waals surface area (Å²) in [5.41, 5.74) is 2.11. The minimum absolute atomic E-state index is 0.0388. The van der Waals surface area contributed by atoms with Gasteiger partial charge in [-0.25, -0.2) is 8.42 Å². The van der Waals surface area contributed by atoms with Crippen LogP contribution in [0.15, 0.2) is 76.3 Å². The predicted molar refractivity (Wildman–Crippen MR) is 105 cm³/mol. The molecule has 0 aliphatic carbocycles. The number of carbonyl (C=O) groups excluding carboxylic acids is 1. The fourth-order valence-corrected chi connectivity index (χ4v) is 4.45. The Morgan fingerprint density at radius 1 is 1.00 bits per heavy atom. The van der Waals surface area contributed by atoms with E-state index in [1.54, 1.807) is 53.7 Å². The van der Waals surface area contributed by atoms with Crippen molar-refractivity contribution in [2.45, 2.75) is 10.6 Å². The second-order valence-corrected chi connectivity index (χ2v) is 8.56. The number of nitrogens with zero attached hydrogens (tertiary/aromatic N) is 1. The molecule has 1 N–H and O–H groups in total. The van der Waals surface area contributed by atoms with Crippen molar-refractivity contribution in [1.29, 1.82) is 0 Å². The highest BCUT2D eigenvalue weighted by Gasteiger charge is 2.15. The number of thiophene rings is 1.